The molecule has 1 amide bonds. The van der Waals surface area contributed by atoms with E-state index in [0.29, 0.717) is 24.0 Å². The Labute approximate surface area is 162 Å². The summed E-state index contributed by atoms with van der Waals surface area (Å²) >= 11 is 6.56. The Hall–Kier alpha value is -1.64. The lowest BCUT2D eigenvalue weighted by Crippen LogP contribution is -2.28. The predicted octanol–water partition coefficient (Wildman–Crippen LogP) is 4.45. The van der Waals surface area contributed by atoms with Crippen LogP contribution in [0.25, 0.3) is 10.7 Å². The van der Waals surface area contributed by atoms with Crippen molar-refractivity contribution in [3.8, 4) is 10.7 Å². The van der Waals surface area contributed by atoms with E-state index < -0.39 is 0 Å². The van der Waals surface area contributed by atoms with E-state index in [-0.39, 0.29) is 5.91 Å². The number of nitrogens with zero attached hydrogens (tertiary/aromatic N) is 3. The van der Waals surface area contributed by atoms with Crippen LogP contribution in [0, 0.1) is 0 Å². The number of hydrogen-bond acceptors (Lipinski definition) is 6. The highest BCUT2D eigenvalue weighted by molar-refractivity contribution is 9.10. The number of halogens is 1. The zero-order valence-electron chi connectivity index (χ0n) is 13.5. The van der Waals surface area contributed by atoms with Gasteiger partial charge in [-0.3, -0.25) is 4.79 Å². The van der Waals surface area contributed by atoms with Crippen molar-refractivity contribution >= 4 is 44.9 Å². The predicted molar refractivity (Wildman–Crippen MR) is 104 cm³/mol. The number of carbonyl (C=O) groups is 1. The molecule has 2 aromatic heterocycles. The van der Waals surface area contributed by atoms with Gasteiger partial charge in [0.15, 0.2) is 0 Å². The van der Waals surface area contributed by atoms with E-state index in [1.54, 1.807) is 35.0 Å². The van der Waals surface area contributed by atoms with Gasteiger partial charge in [0, 0.05) is 17.3 Å². The van der Waals surface area contributed by atoms with Crippen molar-refractivity contribution in [3.63, 3.8) is 0 Å². The molecule has 0 N–H and O–H groups in total. The fourth-order valence-electron chi connectivity index (χ4n) is 2.06. The fourth-order valence-corrected chi connectivity index (χ4v) is 3.90. The van der Waals surface area contributed by atoms with Gasteiger partial charge in [0.1, 0.15) is 0 Å². The molecule has 0 spiro atoms. The zero-order valence-corrected chi connectivity index (χ0v) is 16.7. The fraction of sp³-hybridized carbons (Fsp3) is 0.235. The molecule has 0 saturated heterocycles. The highest BCUT2D eigenvalue weighted by Crippen LogP contribution is 2.21. The SMILES string of the molecule is CN(Cc1nc(-c2cccs2)no1)C(=O)CSCc1ccc(Br)cc1. The van der Waals surface area contributed by atoms with E-state index in [2.05, 4.69) is 38.2 Å². The molecule has 5 nitrogen and oxygen atoms in total. The number of amides is 1. The van der Waals surface area contributed by atoms with Crippen LogP contribution < -0.4 is 0 Å². The minimum Gasteiger partial charge on any atom is -0.337 e. The van der Waals surface area contributed by atoms with Crippen molar-refractivity contribution in [2.75, 3.05) is 12.8 Å². The Morgan fingerprint density at radius 3 is 2.84 bits per heavy atom. The summed E-state index contributed by atoms with van der Waals surface area (Å²) in [4.78, 5) is 19.1. The monoisotopic (exact) mass is 437 g/mol. The molecule has 0 unspecified atom stereocenters. The second kappa shape index (κ2) is 8.64. The van der Waals surface area contributed by atoms with Gasteiger partial charge in [-0.2, -0.15) is 4.98 Å². The van der Waals surface area contributed by atoms with Gasteiger partial charge < -0.3 is 9.42 Å². The van der Waals surface area contributed by atoms with Gasteiger partial charge in [-0.25, -0.2) is 0 Å². The summed E-state index contributed by atoms with van der Waals surface area (Å²) in [6, 6.07) is 12.0. The molecule has 3 aromatic rings. The van der Waals surface area contributed by atoms with Gasteiger partial charge >= 0.3 is 0 Å². The van der Waals surface area contributed by atoms with Gasteiger partial charge in [0.2, 0.25) is 17.6 Å². The maximum atomic E-state index is 12.2. The maximum absolute atomic E-state index is 12.2. The van der Waals surface area contributed by atoms with Crippen molar-refractivity contribution in [1.29, 1.82) is 0 Å². The minimum absolute atomic E-state index is 0.0398. The molecule has 0 saturated carbocycles. The molecule has 0 radical (unpaired) electrons. The topological polar surface area (TPSA) is 59.2 Å². The smallest absolute Gasteiger partial charge is 0.246 e. The second-order valence-corrected chi connectivity index (χ2v) is 8.21. The summed E-state index contributed by atoms with van der Waals surface area (Å²) in [5, 5.41) is 5.92. The van der Waals surface area contributed by atoms with Crippen LogP contribution in [0.2, 0.25) is 0 Å². The van der Waals surface area contributed by atoms with Gasteiger partial charge in [-0.05, 0) is 29.1 Å². The van der Waals surface area contributed by atoms with Crippen molar-refractivity contribution in [3.05, 3.63) is 57.7 Å². The number of thioether (sulfide) groups is 1. The lowest BCUT2D eigenvalue weighted by Gasteiger charge is -2.14. The normalized spacial score (nSPS) is 10.8. The number of thiophene rings is 1. The first kappa shape index (κ1) is 18.2. The van der Waals surface area contributed by atoms with E-state index in [4.69, 9.17) is 4.52 Å². The first-order valence-corrected chi connectivity index (χ1v) is 10.4. The third kappa shape index (κ3) is 5.17. The molecule has 1 aromatic carbocycles. The van der Waals surface area contributed by atoms with Gasteiger partial charge in [0.05, 0.1) is 17.2 Å². The van der Waals surface area contributed by atoms with Crippen molar-refractivity contribution in [2.24, 2.45) is 0 Å². The molecule has 0 aliphatic heterocycles. The lowest BCUT2D eigenvalue weighted by molar-refractivity contribution is -0.127. The van der Waals surface area contributed by atoms with Crippen molar-refractivity contribution in [2.45, 2.75) is 12.3 Å². The standard InChI is InChI=1S/C17H16BrN3O2S2/c1-21(9-15-19-17(20-23-15)14-3-2-8-25-14)16(22)11-24-10-12-4-6-13(18)7-5-12/h2-8H,9-11H2,1H3. The zero-order chi connectivity index (χ0) is 17.6. The molecular formula is C17H16BrN3O2S2. The van der Waals surface area contributed by atoms with Crippen molar-refractivity contribution < 1.29 is 9.32 Å². The van der Waals surface area contributed by atoms with Crippen LogP contribution in [0.1, 0.15) is 11.5 Å². The van der Waals surface area contributed by atoms with Crippen LogP contribution in [0.3, 0.4) is 0 Å². The highest BCUT2D eigenvalue weighted by Gasteiger charge is 2.15. The number of carbonyl (C=O) groups excluding carboxylic acids is 1. The molecule has 130 valence electrons. The molecule has 0 atom stereocenters. The van der Waals surface area contributed by atoms with E-state index >= 15 is 0 Å². The molecule has 0 aliphatic carbocycles. The Balaban J connectivity index is 1.46. The van der Waals surface area contributed by atoms with Crippen LogP contribution >= 0.6 is 39.0 Å². The molecule has 3 rings (SSSR count). The summed E-state index contributed by atoms with van der Waals surface area (Å²) in [5.74, 6) is 2.26. The number of hydrogen-bond donors (Lipinski definition) is 0. The Morgan fingerprint density at radius 1 is 1.32 bits per heavy atom. The average molecular weight is 438 g/mol. The summed E-state index contributed by atoms with van der Waals surface area (Å²) in [5.41, 5.74) is 1.20. The summed E-state index contributed by atoms with van der Waals surface area (Å²) in [6.07, 6.45) is 0. The average Bonchev–Trinajstić information content (AvgIpc) is 3.27. The first-order valence-electron chi connectivity index (χ1n) is 7.54. The highest BCUT2D eigenvalue weighted by atomic mass is 79.9. The van der Waals surface area contributed by atoms with E-state index in [9.17, 15) is 4.79 Å². The van der Waals surface area contributed by atoms with Gasteiger partial charge in [0.25, 0.3) is 0 Å². The van der Waals surface area contributed by atoms with Crippen LogP contribution in [-0.2, 0) is 17.1 Å². The van der Waals surface area contributed by atoms with E-state index in [1.807, 2.05) is 29.6 Å². The largest absolute Gasteiger partial charge is 0.337 e. The molecule has 25 heavy (non-hydrogen) atoms. The van der Waals surface area contributed by atoms with Crippen LogP contribution in [0.15, 0.2) is 50.8 Å². The molecule has 2 heterocycles. The molecule has 8 heteroatoms. The third-order valence-corrected chi connectivity index (χ3v) is 5.80. The molecule has 0 fully saturated rings. The van der Waals surface area contributed by atoms with E-state index in [0.717, 1.165) is 15.1 Å². The van der Waals surface area contributed by atoms with Gasteiger partial charge in [-0.15, -0.1) is 23.1 Å². The summed E-state index contributed by atoms with van der Waals surface area (Å²) < 4.78 is 6.29. The third-order valence-electron chi connectivity index (χ3n) is 3.42. The molecular weight excluding hydrogens is 422 g/mol. The van der Waals surface area contributed by atoms with Crippen molar-refractivity contribution in [1.82, 2.24) is 15.0 Å². The molecule has 0 aliphatic rings. The Morgan fingerprint density at radius 2 is 2.12 bits per heavy atom. The van der Waals surface area contributed by atoms with Crippen LogP contribution in [0.4, 0.5) is 0 Å². The Bertz CT molecular complexity index is 819. The van der Waals surface area contributed by atoms with Crippen LogP contribution in [0.5, 0.6) is 0 Å². The number of rotatable bonds is 7. The van der Waals surface area contributed by atoms with Crippen LogP contribution in [-0.4, -0.2) is 33.7 Å². The Kier molecular flexibility index (Phi) is 6.28. The molecule has 0 bridgehead atoms. The maximum Gasteiger partial charge on any atom is 0.246 e. The summed E-state index contributed by atoms with van der Waals surface area (Å²) in [7, 11) is 1.75. The quantitative estimate of drug-likeness (QED) is 0.546. The number of benzene rings is 1. The lowest BCUT2D eigenvalue weighted by atomic mass is 10.2. The minimum atomic E-state index is 0.0398. The summed E-state index contributed by atoms with van der Waals surface area (Å²) in [6.45, 7) is 0.316. The van der Waals surface area contributed by atoms with E-state index in [1.165, 1.54) is 5.56 Å². The number of aromatic nitrogens is 2. The second-order valence-electron chi connectivity index (χ2n) is 5.36. The first-order chi connectivity index (χ1) is 12.1. The van der Waals surface area contributed by atoms with Gasteiger partial charge in [-0.1, -0.05) is 39.3 Å².